The summed E-state index contributed by atoms with van der Waals surface area (Å²) < 4.78 is 37.4. The minimum atomic E-state index is -3.78. The number of rotatable bonds is 9. The summed E-state index contributed by atoms with van der Waals surface area (Å²) in [6, 6.07) is 17.6. The zero-order chi connectivity index (χ0) is 23.1. The molecule has 0 unspecified atom stereocenters. The molecule has 0 aliphatic carbocycles. The van der Waals surface area contributed by atoms with Gasteiger partial charge >= 0.3 is 5.97 Å². The average molecular weight is 457 g/mol. The maximum absolute atomic E-state index is 12.6. The maximum Gasteiger partial charge on any atom is 0.338 e. The highest BCUT2D eigenvalue weighted by atomic mass is 32.2. The molecule has 9 heteroatoms. The molecule has 0 aliphatic heterocycles. The summed E-state index contributed by atoms with van der Waals surface area (Å²) in [5.74, 6) is -0.604. The summed E-state index contributed by atoms with van der Waals surface area (Å²) in [5, 5.41) is 0. The molecule has 2 aromatic carbocycles. The van der Waals surface area contributed by atoms with E-state index in [1.807, 2.05) is 32.0 Å². The molecule has 0 atom stereocenters. The smallest absolute Gasteiger partial charge is 0.338 e. The number of anilines is 1. The van der Waals surface area contributed by atoms with E-state index in [0.29, 0.717) is 11.4 Å². The molecule has 0 radical (unpaired) electrons. The van der Waals surface area contributed by atoms with Crippen molar-refractivity contribution in [3.05, 3.63) is 84.3 Å². The van der Waals surface area contributed by atoms with Crippen molar-refractivity contribution < 1.29 is 27.2 Å². The Kier molecular flexibility index (Phi) is 7.45. The fraction of sp³-hybridized carbons (Fsp3) is 0.217. The Balaban J connectivity index is 1.60. The van der Waals surface area contributed by atoms with E-state index in [1.165, 1.54) is 30.5 Å². The second-order valence-electron chi connectivity index (χ2n) is 7.20. The van der Waals surface area contributed by atoms with Crippen LogP contribution in [0, 0.1) is 0 Å². The number of nitrogens with zero attached hydrogens (tertiary/aromatic N) is 1. The van der Waals surface area contributed by atoms with Gasteiger partial charge in [0.05, 0.1) is 23.3 Å². The monoisotopic (exact) mass is 456 g/mol. The van der Waals surface area contributed by atoms with Crippen LogP contribution in [0.2, 0.25) is 0 Å². The predicted molar refractivity (Wildman–Crippen MR) is 119 cm³/mol. The van der Waals surface area contributed by atoms with Crippen molar-refractivity contribution in [1.29, 1.82) is 0 Å². The Bertz CT molecular complexity index is 1140. The number of para-hydroxylation sites is 1. The zero-order valence-electron chi connectivity index (χ0n) is 17.7. The molecule has 1 N–H and O–H groups in total. The van der Waals surface area contributed by atoms with Gasteiger partial charge in [-0.1, -0.05) is 18.2 Å². The standard InChI is InChI=1S/C23H24N2O6S/c1-17(2)25(19-7-4-3-5-8-19)22(26)16-31-23(27)18-10-12-21(13-11-18)32(28,29)24-15-20-9-6-14-30-20/h3-14,17,24H,15-16H2,1-2H3. The minimum Gasteiger partial charge on any atom is -0.468 e. The molecule has 0 fully saturated rings. The van der Waals surface area contributed by atoms with E-state index in [0.717, 1.165) is 0 Å². The number of benzene rings is 2. The van der Waals surface area contributed by atoms with Crippen LogP contribution in [-0.2, 0) is 26.1 Å². The highest BCUT2D eigenvalue weighted by Gasteiger charge is 2.21. The number of furan rings is 1. The second-order valence-corrected chi connectivity index (χ2v) is 8.96. The van der Waals surface area contributed by atoms with Gasteiger partial charge in [-0.25, -0.2) is 17.9 Å². The maximum atomic E-state index is 12.6. The molecule has 0 spiro atoms. The van der Waals surface area contributed by atoms with Crippen molar-refractivity contribution in [3.63, 3.8) is 0 Å². The van der Waals surface area contributed by atoms with Gasteiger partial charge in [-0.3, -0.25) is 4.79 Å². The van der Waals surface area contributed by atoms with Crippen LogP contribution < -0.4 is 9.62 Å². The number of sulfonamides is 1. The third-order valence-corrected chi connectivity index (χ3v) is 5.98. The molecule has 32 heavy (non-hydrogen) atoms. The van der Waals surface area contributed by atoms with Crippen LogP contribution in [0.5, 0.6) is 0 Å². The van der Waals surface area contributed by atoms with E-state index in [2.05, 4.69) is 4.72 Å². The molecule has 0 saturated heterocycles. The number of nitrogens with one attached hydrogen (secondary N) is 1. The van der Waals surface area contributed by atoms with Crippen LogP contribution in [0.4, 0.5) is 5.69 Å². The lowest BCUT2D eigenvalue weighted by atomic mass is 10.2. The van der Waals surface area contributed by atoms with E-state index >= 15 is 0 Å². The van der Waals surface area contributed by atoms with Gasteiger partial charge < -0.3 is 14.1 Å². The lowest BCUT2D eigenvalue weighted by Crippen LogP contribution is -2.39. The van der Waals surface area contributed by atoms with Crippen molar-refractivity contribution in [1.82, 2.24) is 4.72 Å². The van der Waals surface area contributed by atoms with Gasteiger partial charge in [0.2, 0.25) is 10.0 Å². The van der Waals surface area contributed by atoms with Gasteiger partial charge in [0.1, 0.15) is 5.76 Å². The quantitative estimate of drug-likeness (QED) is 0.495. The predicted octanol–water partition coefficient (Wildman–Crippen LogP) is 3.36. The summed E-state index contributed by atoms with van der Waals surface area (Å²) >= 11 is 0. The highest BCUT2D eigenvalue weighted by Crippen LogP contribution is 2.17. The van der Waals surface area contributed by atoms with Gasteiger partial charge in [0.15, 0.2) is 6.61 Å². The van der Waals surface area contributed by atoms with Crippen LogP contribution in [0.3, 0.4) is 0 Å². The number of carbonyl (C=O) groups is 2. The van der Waals surface area contributed by atoms with Gasteiger partial charge in [0.25, 0.3) is 5.91 Å². The first kappa shape index (κ1) is 23.2. The molecule has 8 nitrogen and oxygen atoms in total. The first-order chi connectivity index (χ1) is 15.3. The Labute approximate surface area is 186 Å². The van der Waals surface area contributed by atoms with E-state index in [4.69, 9.17) is 9.15 Å². The van der Waals surface area contributed by atoms with Crippen molar-refractivity contribution in [3.8, 4) is 0 Å². The van der Waals surface area contributed by atoms with Crippen LogP contribution in [0.1, 0.15) is 30.0 Å². The summed E-state index contributed by atoms with van der Waals surface area (Å²) in [4.78, 5) is 26.5. The van der Waals surface area contributed by atoms with Gasteiger partial charge in [-0.05, 0) is 62.4 Å². The molecule has 0 aliphatic rings. The number of hydrogen-bond acceptors (Lipinski definition) is 6. The molecule has 1 amide bonds. The van der Waals surface area contributed by atoms with E-state index in [-0.39, 0.29) is 29.0 Å². The van der Waals surface area contributed by atoms with Crippen molar-refractivity contribution in [2.75, 3.05) is 11.5 Å². The molecule has 1 heterocycles. The second kappa shape index (κ2) is 10.3. The molecule has 0 bridgehead atoms. The van der Waals surface area contributed by atoms with Gasteiger partial charge in [0, 0.05) is 11.7 Å². The number of amides is 1. The molecular weight excluding hydrogens is 432 g/mol. The minimum absolute atomic E-state index is 0.00765. The first-order valence-electron chi connectivity index (χ1n) is 9.94. The van der Waals surface area contributed by atoms with Crippen LogP contribution in [0.25, 0.3) is 0 Å². The van der Waals surface area contributed by atoms with Crippen LogP contribution in [-0.4, -0.2) is 32.9 Å². The Morgan fingerprint density at radius 2 is 1.69 bits per heavy atom. The third kappa shape index (κ3) is 5.83. The van der Waals surface area contributed by atoms with Crippen molar-refractivity contribution >= 4 is 27.6 Å². The Hall–Kier alpha value is -3.43. The fourth-order valence-corrected chi connectivity index (χ4v) is 4.03. The molecule has 168 valence electrons. The summed E-state index contributed by atoms with van der Waals surface area (Å²) in [5.41, 5.74) is 0.846. The first-order valence-corrected chi connectivity index (χ1v) is 11.4. The van der Waals surface area contributed by atoms with Crippen molar-refractivity contribution in [2.24, 2.45) is 0 Å². The number of esters is 1. The largest absolute Gasteiger partial charge is 0.468 e. The molecule has 3 aromatic rings. The lowest BCUT2D eigenvalue weighted by molar-refractivity contribution is -0.122. The van der Waals surface area contributed by atoms with Crippen LogP contribution >= 0.6 is 0 Å². The zero-order valence-corrected chi connectivity index (χ0v) is 18.5. The summed E-state index contributed by atoms with van der Waals surface area (Å²) in [6.45, 7) is 3.31. The molecule has 0 saturated carbocycles. The van der Waals surface area contributed by atoms with E-state index < -0.39 is 22.6 Å². The lowest BCUT2D eigenvalue weighted by Gasteiger charge is -2.26. The normalized spacial score (nSPS) is 11.3. The SMILES string of the molecule is CC(C)N(C(=O)COC(=O)c1ccc(S(=O)(=O)NCc2ccco2)cc1)c1ccccc1. The number of hydrogen-bond donors (Lipinski definition) is 1. The Morgan fingerprint density at radius 1 is 1.00 bits per heavy atom. The molecule has 3 rings (SSSR count). The third-order valence-electron chi connectivity index (χ3n) is 4.56. The van der Waals surface area contributed by atoms with Gasteiger partial charge in [-0.15, -0.1) is 0 Å². The summed E-state index contributed by atoms with van der Waals surface area (Å²) in [6.07, 6.45) is 1.45. The molecular formula is C23H24N2O6S. The number of carbonyl (C=O) groups excluding carboxylic acids is 2. The van der Waals surface area contributed by atoms with Crippen LogP contribution in [0.15, 0.2) is 82.3 Å². The topological polar surface area (TPSA) is 106 Å². The Morgan fingerprint density at radius 3 is 2.28 bits per heavy atom. The van der Waals surface area contributed by atoms with E-state index in [9.17, 15) is 18.0 Å². The fourth-order valence-electron chi connectivity index (χ4n) is 3.03. The van der Waals surface area contributed by atoms with E-state index in [1.54, 1.807) is 29.2 Å². The molecule has 1 aromatic heterocycles. The van der Waals surface area contributed by atoms with Gasteiger partial charge in [-0.2, -0.15) is 0 Å². The van der Waals surface area contributed by atoms with Crippen molar-refractivity contribution in [2.45, 2.75) is 31.3 Å². The number of ether oxygens (including phenoxy) is 1. The summed E-state index contributed by atoms with van der Waals surface area (Å²) in [7, 11) is -3.78. The highest BCUT2D eigenvalue weighted by molar-refractivity contribution is 7.89. The average Bonchev–Trinajstić information content (AvgIpc) is 3.31.